The molecule has 29 heavy (non-hydrogen) atoms. The van der Waals surface area contributed by atoms with E-state index in [2.05, 4.69) is 4.98 Å². The third-order valence-corrected chi connectivity index (χ3v) is 5.98. The lowest BCUT2D eigenvalue weighted by atomic mass is 9.97. The van der Waals surface area contributed by atoms with E-state index in [0.717, 1.165) is 42.5 Å². The number of methoxy groups -OCH3 is 1. The van der Waals surface area contributed by atoms with Crippen molar-refractivity contribution >= 4 is 17.0 Å². The van der Waals surface area contributed by atoms with E-state index in [1.54, 1.807) is 4.57 Å². The number of fused-ring (bicyclic) bond motifs is 2. The second kappa shape index (κ2) is 7.06. The lowest BCUT2D eigenvalue weighted by Crippen LogP contribution is -2.40. The second-order valence-electron chi connectivity index (χ2n) is 7.74. The van der Waals surface area contributed by atoms with Crippen LogP contribution in [0.5, 0.6) is 5.75 Å². The monoisotopic (exact) mass is 393 g/mol. The summed E-state index contributed by atoms with van der Waals surface area (Å²) in [5, 5.41) is 0. The largest absolute Gasteiger partial charge is 0.496 e. The molecule has 1 saturated heterocycles. The minimum atomic E-state index is -0.103. The highest BCUT2D eigenvalue weighted by Crippen LogP contribution is 2.32. The summed E-state index contributed by atoms with van der Waals surface area (Å²) in [4.78, 5) is 32.3. The molecule has 0 bridgehead atoms. The topological polar surface area (TPSA) is 77.6 Å². The van der Waals surface area contributed by atoms with E-state index in [4.69, 9.17) is 9.15 Å². The highest BCUT2D eigenvalue weighted by atomic mass is 16.5. The zero-order chi connectivity index (χ0) is 20.0. The van der Waals surface area contributed by atoms with Crippen LogP contribution < -0.4 is 10.3 Å². The smallest absolute Gasteiger partial charge is 0.259 e. The molecule has 150 valence electrons. The molecule has 1 aromatic carbocycles. The normalized spacial score (nSPS) is 18.8. The maximum atomic E-state index is 13.5. The van der Waals surface area contributed by atoms with E-state index in [1.807, 2.05) is 29.2 Å². The Bertz CT molecular complexity index is 1110. The van der Waals surface area contributed by atoms with Crippen molar-refractivity contribution in [2.45, 2.75) is 38.1 Å². The van der Waals surface area contributed by atoms with Gasteiger partial charge < -0.3 is 18.6 Å². The fourth-order valence-electron chi connectivity index (χ4n) is 4.56. The van der Waals surface area contributed by atoms with Crippen molar-refractivity contribution in [3.05, 3.63) is 57.8 Å². The number of hydrogen-bond acceptors (Lipinski definition) is 5. The average molecular weight is 393 g/mol. The Morgan fingerprint density at radius 2 is 2.10 bits per heavy atom. The van der Waals surface area contributed by atoms with Crippen molar-refractivity contribution in [3.63, 3.8) is 0 Å². The molecule has 1 atom stereocenters. The standard InChI is InChI=1S/C22H23N3O4/c1-28-18-12-19(26)25-11-5-8-16(25)20(18)22(27)24-10-4-6-14(13-24)21-23-15-7-2-3-9-17(15)29-21/h2-3,7,9,12,14H,4-6,8,10-11,13H2,1H3/t14-/m0/s1. The molecule has 0 radical (unpaired) electrons. The van der Waals surface area contributed by atoms with Gasteiger partial charge in [-0.15, -0.1) is 0 Å². The highest BCUT2D eigenvalue weighted by molar-refractivity contribution is 5.98. The molecule has 2 aliphatic rings. The molecular formula is C22H23N3O4. The molecule has 0 saturated carbocycles. The van der Waals surface area contributed by atoms with Crippen LogP contribution in [0.25, 0.3) is 11.1 Å². The van der Waals surface area contributed by atoms with Crippen LogP contribution in [0.15, 0.2) is 39.5 Å². The number of piperidine rings is 1. The molecule has 7 nitrogen and oxygen atoms in total. The number of ether oxygens (including phenoxy) is 1. The quantitative estimate of drug-likeness (QED) is 0.684. The Balaban J connectivity index is 1.46. The lowest BCUT2D eigenvalue weighted by Gasteiger charge is -2.32. The van der Waals surface area contributed by atoms with Gasteiger partial charge in [0.15, 0.2) is 11.5 Å². The highest BCUT2D eigenvalue weighted by Gasteiger charge is 2.33. The molecule has 2 aromatic heterocycles. The van der Waals surface area contributed by atoms with E-state index in [-0.39, 0.29) is 17.4 Å². The van der Waals surface area contributed by atoms with Gasteiger partial charge in [-0.05, 0) is 37.8 Å². The van der Waals surface area contributed by atoms with Crippen LogP contribution in [0.1, 0.15) is 47.1 Å². The van der Waals surface area contributed by atoms with Gasteiger partial charge in [-0.3, -0.25) is 9.59 Å². The van der Waals surface area contributed by atoms with Gasteiger partial charge in [0.2, 0.25) is 0 Å². The predicted molar refractivity (Wildman–Crippen MR) is 107 cm³/mol. The van der Waals surface area contributed by atoms with Gasteiger partial charge in [0.05, 0.1) is 13.0 Å². The maximum Gasteiger partial charge on any atom is 0.259 e. The van der Waals surface area contributed by atoms with Gasteiger partial charge in [0.25, 0.3) is 11.5 Å². The van der Waals surface area contributed by atoms with Gasteiger partial charge in [-0.1, -0.05) is 12.1 Å². The van der Waals surface area contributed by atoms with Crippen molar-refractivity contribution in [2.75, 3.05) is 20.2 Å². The second-order valence-corrected chi connectivity index (χ2v) is 7.74. The molecule has 4 heterocycles. The van der Waals surface area contributed by atoms with Crippen LogP contribution in [0.4, 0.5) is 0 Å². The molecule has 0 N–H and O–H groups in total. The van der Waals surface area contributed by atoms with E-state index < -0.39 is 0 Å². The SMILES string of the molecule is COc1cc(=O)n2c(c1C(=O)N1CCC[C@H](c3nc4ccccc4o3)C1)CCC2. The van der Waals surface area contributed by atoms with Gasteiger partial charge >= 0.3 is 0 Å². The van der Waals surface area contributed by atoms with E-state index in [1.165, 1.54) is 13.2 Å². The van der Waals surface area contributed by atoms with Crippen LogP contribution in [0.3, 0.4) is 0 Å². The number of oxazole rings is 1. The summed E-state index contributed by atoms with van der Waals surface area (Å²) in [7, 11) is 1.51. The van der Waals surface area contributed by atoms with Crippen molar-refractivity contribution in [2.24, 2.45) is 0 Å². The fourth-order valence-corrected chi connectivity index (χ4v) is 4.56. The maximum absolute atomic E-state index is 13.5. The summed E-state index contributed by atoms with van der Waals surface area (Å²) in [5.74, 6) is 1.04. The van der Waals surface area contributed by atoms with Crippen LogP contribution in [0, 0.1) is 0 Å². The zero-order valence-electron chi connectivity index (χ0n) is 16.4. The summed E-state index contributed by atoms with van der Waals surface area (Å²) in [5.41, 5.74) is 2.83. The van der Waals surface area contributed by atoms with E-state index >= 15 is 0 Å². The molecular weight excluding hydrogens is 370 g/mol. The van der Waals surface area contributed by atoms with Crippen LogP contribution in [0.2, 0.25) is 0 Å². The number of benzene rings is 1. The Kier molecular flexibility index (Phi) is 4.38. The minimum Gasteiger partial charge on any atom is -0.496 e. The Hall–Kier alpha value is -3.09. The van der Waals surface area contributed by atoms with Crippen molar-refractivity contribution in [1.82, 2.24) is 14.5 Å². The molecule has 2 aliphatic heterocycles. The van der Waals surface area contributed by atoms with Crippen molar-refractivity contribution in [3.8, 4) is 5.75 Å². The first kappa shape index (κ1) is 18.0. The van der Waals surface area contributed by atoms with Crippen molar-refractivity contribution < 1.29 is 13.9 Å². The third kappa shape index (κ3) is 3.01. The summed E-state index contributed by atoms with van der Waals surface area (Å²) >= 11 is 0. The van der Waals surface area contributed by atoms with Gasteiger partial charge in [0.1, 0.15) is 16.8 Å². The first-order chi connectivity index (χ1) is 14.2. The number of nitrogens with zero attached hydrogens (tertiary/aromatic N) is 3. The molecule has 0 aliphatic carbocycles. The molecule has 1 amide bonds. The number of pyridine rings is 1. The van der Waals surface area contributed by atoms with E-state index in [0.29, 0.717) is 36.8 Å². The number of rotatable bonds is 3. The Morgan fingerprint density at radius 1 is 1.24 bits per heavy atom. The molecule has 3 aromatic rings. The zero-order valence-corrected chi connectivity index (χ0v) is 16.4. The first-order valence-corrected chi connectivity index (χ1v) is 10.1. The number of hydrogen-bond donors (Lipinski definition) is 0. The van der Waals surface area contributed by atoms with Gasteiger partial charge in [0, 0.05) is 31.4 Å². The predicted octanol–water partition coefficient (Wildman–Crippen LogP) is 2.96. The Labute approximate surface area is 167 Å². The lowest BCUT2D eigenvalue weighted by molar-refractivity contribution is 0.0693. The van der Waals surface area contributed by atoms with Crippen LogP contribution >= 0.6 is 0 Å². The summed E-state index contributed by atoms with van der Waals surface area (Å²) in [6.45, 7) is 1.88. The summed E-state index contributed by atoms with van der Waals surface area (Å²) < 4.78 is 13.1. The minimum absolute atomic E-state index is 0.0607. The number of para-hydroxylation sites is 2. The van der Waals surface area contributed by atoms with Crippen molar-refractivity contribution in [1.29, 1.82) is 0 Å². The number of amides is 1. The first-order valence-electron chi connectivity index (χ1n) is 10.1. The third-order valence-electron chi connectivity index (χ3n) is 5.98. The van der Waals surface area contributed by atoms with Gasteiger partial charge in [-0.2, -0.15) is 0 Å². The fraction of sp³-hybridized carbons (Fsp3) is 0.409. The Morgan fingerprint density at radius 3 is 2.93 bits per heavy atom. The van der Waals surface area contributed by atoms with Crippen LogP contribution in [-0.4, -0.2) is 40.6 Å². The number of carbonyl (C=O) groups excluding carboxylic acids is 1. The molecule has 1 fully saturated rings. The van der Waals surface area contributed by atoms with Crippen LogP contribution in [-0.2, 0) is 13.0 Å². The molecule has 0 unspecified atom stereocenters. The average Bonchev–Trinajstić information content (AvgIpc) is 3.40. The molecule has 0 spiro atoms. The number of carbonyl (C=O) groups is 1. The number of likely N-dealkylation sites (tertiary alicyclic amines) is 1. The van der Waals surface area contributed by atoms with Gasteiger partial charge in [-0.25, -0.2) is 4.98 Å². The molecule has 5 rings (SSSR count). The molecule has 7 heteroatoms. The number of aromatic nitrogens is 2. The summed E-state index contributed by atoms with van der Waals surface area (Å²) in [6, 6.07) is 9.15. The summed E-state index contributed by atoms with van der Waals surface area (Å²) in [6.07, 6.45) is 3.40. The van der Waals surface area contributed by atoms with E-state index in [9.17, 15) is 9.59 Å².